The van der Waals surface area contributed by atoms with Crippen molar-refractivity contribution in [2.45, 2.75) is 13.8 Å². The second-order valence-electron chi connectivity index (χ2n) is 1.87. The molecule has 48 valence electrons. The zero-order chi connectivity index (χ0) is 6.69. The Kier molecular flexibility index (Phi) is 2.01. The Morgan fingerprint density at radius 2 is 2.44 bits per heavy atom. The molecule has 0 spiro atoms. The van der Waals surface area contributed by atoms with E-state index in [1.807, 2.05) is 19.2 Å². The van der Waals surface area contributed by atoms with Gasteiger partial charge < -0.3 is 0 Å². The predicted octanol–water partition coefficient (Wildman–Crippen LogP) is 2.48. The number of allylic oxidation sites excluding steroid dienone is 1. The van der Waals surface area contributed by atoms with Crippen LogP contribution in [-0.2, 0) is 0 Å². The Morgan fingerprint density at radius 3 is 2.89 bits per heavy atom. The van der Waals surface area contributed by atoms with Crippen LogP contribution in [0.4, 0.5) is 0 Å². The summed E-state index contributed by atoms with van der Waals surface area (Å²) in [5.41, 5.74) is 1.26. The van der Waals surface area contributed by atoms with Gasteiger partial charge in [0.25, 0.3) is 0 Å². The monoisotopic (exact) mass is 139 g/mol. The fourth-order valence-electron chi connectivity index (χ4n) is 0.611. The molecule has 0 atom stereocenters. The quantitative estimate of drug-likeness (QED) is 0.582. The lowest BCUT2D eigenvalue weighted by Crippen LogP contribution is -1.64. The predicted molar refractivity (Wildman–Crippen MR) is 41.6 cm³/mol. The van der Waals surface area contributed by atoms with E-state index in [0.29, 0.717) is 0 Å². The Bertz CT molecular complexity index is 212. The minimum absolute atomic E-state index is 1.26. The average Bonchev–Trinajstić information content (AvgIpc) is 2.18. The van der Waals surface area contributed by atoms with E-state index in [1.54, 1.807) is 0 Å². The smallest absolute Gasteiger partial charge is 0.0503 e. The van der Waals surface area contributed by atoms with Crippen LogP contribution in [0.25, 0.3) is 6.08 Å². The van der Waals surface area contributed by atoms with Crippen LogP contribution in [0.15, 0.2) is 12.3 Å². The third kappa shape index (κ3) is 1.39. The SMILES string of the molecule is C/C=C\c1sncc1C. The minimum Gasteiger partial charge on any atom is -0.200 e. The lowest BCUT2D eigenvalue weighted by Gasteiger charge is -1.82. The maximum Gasteiger partial charge on any atom is 0.0503 e. The lowest BCUT2D eigenvalue weighted by molar-refractivity contribution is 1.45. The lowest BCUT2D eigenvalue weighted by atomic mass is 10.3. The van der Waals surface area contributed by atoms with Gasteiger partial charge in [-0.15, -0.1) is 0 Å². The molecule has 1 rings (SSSR count). The van der Waals surface area contributed by atoms with Crippen LogP contribution in [0.5, 0.6) is 0 Å². The van der Waals surface area contributed by atoms with Gasteiger partial charge in [-0.1, -0.05) is 6.08 Å². The molecule has 1 nitrogen and oxygen atoms in total. The minimum atomic E-state index is 1.26. The summed E-state index contributed by atoms with van der Waals surface area (Å²) < 4.78 is 4.03. The largest absolute Gasteiger partial charge is 0.200 e. The maximum atomic E-state index is 4.03. The molecular formula is C7H9NS. The van der Waals surface area contributed by atoms with Crippen molar-refractivity contribution < 1.29 is 0 Å². The zero-order valence-corrected chi connectivity index (χ0v) is 6.40. The fraction of sp³-hybridized carbons (Fsp3) is 0.286. The summed E-state index contributed by atoms with van der Waals surface area (Å²) in [6.45, 7) is 4.08. The summed E-state index contributed by atoms with van der Waals surface area (Å²) in [5, 5.41) is 0. The number of rotatable bonds is 1. The number of aryl methyl sites for hydroxylation is 1. The molecule has 0 bridgehead atoms. The highest BCUT2D eigenvalue weighted by atomic mass is 32.1. The van der Waals surface area contributed by atoms with Gasteiger partial charge in [0.05, 0.1) is 4.88 Å². The van der Waals surface area contributed by atoms with Crippen molar-refractivity contribution in [3.63, 3.8) is 0 Å². The number of aromatic nitrogens is 1. The summed E-state index contributed by atoms with van der Waals surface area (Å²) in [4.78, 5) is 1.26. The summed E-state index contributed by atoms with van der Waals surface area (Å²) in [5.74, 6) is 0. The molecule has 0 fully saturated rings. The number of nitrogens with zero attached hydrogens (tertiary/aromatic N) is 1. The third-order valence-electron chi connectivity index (χ3n) is 1.10. The van der Waals surface area contributed by atoms with E-state index in [1.165, 1.54) is 22.0 Å². The van der Waals surface area contributed by atoms with Gasteiger partial charge in [0.15, 0.2) is 0 Å². The molecule has 0 aliphatic heterocycles. The normalized spacial score (nSPS) is 10.9. The molecule has 0 amide bonds. The van der Waals surface area contributed by atoms with Gasteiger partial charge in [0.1, 0.15) is 0 Å². The van der Waals surface area contributed by atoms with E-state index in [9.17, 15) is 0 Å². The van der Waals surface area contributed by atoms with Crippen LogP contribution < -0.4 is 0 Å². The van der Waals surface area contributed by atoms with Gasteiger partial charge in [-0.3, -0.25) is 0 Å². The Morgan fingerprint density at radius 1 is 1.67 bits per heavy atom. The van der Waals surface area contributed by atoms with Crippen molar-refractivity contribution in [3.8, 4) is 0 Å². The highest BCUT2D eigenvalue weighted by Gasteiger charge is 1.92. The van der Waals surface area contributed by atoms with Crippen molar-refractivity contribution in [2.75, 3.05) is 0 Å². The average molecular weight is 139 g/mol. The van der Waals surface area contributed by atoms with Gasteiger partial charge in [0.2, 0.25) is 0 Å². The molecule has 0 unspecified atom stereocenters. The fourth-order valence-corrected chi connectivity index (χ4v) is 1.33. The first-order valence-electron chi connectivity index (χ1n) is 2.88. The van der Waals surface area contributed by atoms with Crippen LogP contribution >= 0.6 is 11.5 Å². The van der Waals surface area contributed by atoms with E-state index in [2.05, 4.69) is 17.4 Å². The van der Waals surface area contributed by atoms with E-state index < -0.39 is 0 Å². The molecule has 0 saturated heterocycles. The van der Waals surface area contributed by atoms with Crippen molar-refractivity contribution in [1.82, 2.24) is 4.37 Å². The number of hydrogen-bond donors (Lipinski definition) is 0. The van der Waals surface area contributed by atoms with E-state index in [4.69, 9.17) is 0 Å². The van der Waals surface area contributed by atoms with Gasteiger partial charge in [-0.05, 0) is 37.0 Å². The van der Waals surface area contributed by atoms with Crippen LogP contribution in [0.1, 0.15) is 17.4 Å². The van der Waals surface area contributed by atoms with Gasteiger partial charge in [-0.25, -0.2) is 4.37 Å². The van der Waals surface area contributed by atoms with Gasteiger partial charge in [0, 0.05) is 6.20 Å². The molecule has 0 aliphatic carbocycles. The Balaban J connectivity index is 2.94. The first-order valence-corrected chi connectivity index (χ1v) is 3.66. The molecule has 9 heavy (non-hydrogen) atoms. The summed E-state index contributed by atoms with van der Waals surface area (Å²) >= 11 is 1.54. The topological polar surface area (TPSA) is 12.9 Å². The first-order chi connectivity index (χ1) is 4.34. The molecule has 0 aliphatic rings. The molecule has 1 aromatic rings. The van der Waals surface area contributed by atoms with Gasteiger partial charge in [-0.2, -0.15) is 0 Å². The standard InChI is InChI=1S/C7H9NS/c1-3-4-7-6(2)5-8-9-7/h3-5H,1-2H3/b4-3-. The van der Waals surface area contributed by atoms with Crippen LogP contribution in [-0.4, -0.2) is 4.37 Å². The van der Waals surface area contributed by atoms with E-state index >= 15 is 0 Å². The van der Waals surface area contributed by atoms with Crippen LogP contribution in [0.3, 0.4) is 0 Å². The maximum absolute atomic E-state index is 4.03. The molecule has 0 N–H and O–H groups in total. The zero-order valence-electron chi connectivity index (χ0n) is 5.59. The first kappa shape index (κ1) is 6.49. The van der Waals surface area contributed by atoms with E-state index in [0.717, 1.165) is 0 Å². The molecular weight excluding hydrogens is 130 g/mol. The molecule has 0 saturated carbocycles. The molecule has 0 aromatic carbocycles. The third-order valence-corrected chi connectivity index (χ3v) is 1.97. The second kappa shape index (κ2) is 2.78. The molecule has 0 radical (unpaired) electrons. The molecule has 2 heteroatoms. The Labute approximate surface area is 59.2 Å². The van der Waals surface area contributed by atoms with Crippen molar-refractivity contribution in [1.29, 1.82) is 0 Å². The molecule has 1 aromatic heterocycles. The summed E-state index contributed by atoms with van der Waals surface area (Å²) in [7, 11) is 0. The van der Waals surface area contributed by atoms with Crippen LogP contribution in [0, 0.1) is 6.92 Å². The van der Waals surface area contributed by atoms with Crippen molar-refractivity contribution in [3.05, 3.63) is 22.7 Å². The highest BCUT2D eigenvalue weighted by Crippen LogP contribution is 2.13. The Hall–Kier alpha value is -0.630. The highest BCUT2D eigenvalue weighted by molar-refractivity contribution is 7.06. The molecule has 1 heterocycles. The van der Waals surface area contributed by atoms with Gasteiger partial charge >= 0.3 is 0 Å². The van der Waals surface area contributed by atoms with E-state index in [-0.39, 0.29) is 0 Å². The van der Waals surface area contributed by atoms with Crippen LogP contribution in [0.2, 0.25) is 0 Å². The van der Waals surface area contributed by atoms with Crippen molar-refractivity contribution in [2.24, 2.45) is 0 Å². The second-order valence-corrected chi connectivity index (χ2v) is 2.71. The summed E-state index contributed by atoms with van der Waals surface area (Å²) in [6.07, 6.45) is 5.99. The van der Waals surface area contributed by atoms with Crippen molar-refractivity contribution >= 4 is 17.6 Å². The number of hydrogen-bond acceptors (Lipinski definition) is 2. The summed E-state index contributed by atoms with van der Waals surface area (Å²) in [6, 6.07) is 0.